The highest BCUT2D eigenvalue weighted by Gasteiger charge is 2.28. The number of methoxy groups -OCH3 is 1. The molecular weight excluding hydrogens is 152 g/mol. The first-order chi connectivity index (χ1) is 5.83. The van der Waals surface area contributed by atoms with Crippen LogP contribution in [0.25, 0.3) is 0 Å². The second-order valence-electron chi connectivity index (χ2n) is 3.41. The first kappa shape index (κ1) is 9.75. The van der Waals surface area contributed by atoms with Gasteiger partial charge in [-0.25, -0.2) is 0 Å². The van der Waals surface area contributed by atoms with Crippen LogP contribution < -0.4 is 0 Å². The normalized spacial score (nSPS) is 23.2. The van der Waals surface area contributed by atoms with Crippen molar-refractivity contribution in [3.8, 4) is 0 Å². The fraction of sp³-hybridized carbons (Fsp3) is 0.800. The molecule has 2 heteroatoms. The van der Waals surface area contributed by atoms with E-state index in [1.54, 1.807) is 13.2 Å². The van der Waals surface area contributed by atoms with E-state index in [0.717, 1.165) is 12.8 Å². The molecule has 70 valence electrons. The molecule has 1 aliphatic carbocycles. The molecule has 0 atom stereocenters. The lowest BCUT2D eigenvalue weighted by Crippen LogP contribution is -2.31. The summed E-state index contributed by atoms with van der Waals surface area (Å²) in [5, 5.41) is 8.66. The van der Waals surface area contributed by atoms with Crippen molar-refractivity contribution in [1.29, 1.82) is 0 Å². The third-order valence-corrected chi connectivity index (χ3v) is 2.63. The summed E-state index contributed by atoms with van der Waals surface area (Å²) in [4.78, 5) is 0. The molecule has 0 amide bonds. The summed E-state index contributed by atoms with van der Waals surface area (Å²) in [6, 6.07) is 0. The third kappa shape index (κ3) is 2.32. The van der Waals surface area contributed by atoms with Crippen LogP contribution in [0.15, 0.2) is 12.2 Å². The minimum Gasteiger partial charge on any atom is -0.392 e. The summed E-state index contributed by atoms with van der Waals surface area (Å²) in [6.45, 7) is 0.116. The lowest BCUT2D eigenvalue weighted by Gasteiger charge is -2.33. The smallest absolute Gasteiger partial charge is 0.0859 e. The summed E-state index contributed by atoms with van der Waals surface area (Å²) in [5.74, 6) is 0. The molecule has 0 bridgehead atoms. The maximum atomic E-state index is 8.66. The Hall–Kier alpha value is -0.340. The molecule has 0 aromatic carbocycles. The standard InChI is InChI=1S/C10H18O2/c1-12-10(8-5-9-11)6-3-2-4-7-10/h5,8,11H,2-4,6-7,9H2,1H3/b8-5-. The maximum Gasteiger partial charge on any atom is 0.0859 e. The van der Waals surface area contributed by atoms with Gasteiger partial charge in [0.2, 0.25) is 0 Å². The highest BCUT2D eigenvalue weighted by molar-refractivity contribution is 5.03. The summed E-state index contributed by atoms with van der Waals surface area (Å²) < 4.78 is 5.48. The topological polar surface area (TPSA) is 29.5 Å². The predicted octanol–water partition coefficient (Wildman–Crippen LogP) is 1.88. The van der Waals surface area contributed by atoms with Crippen molar-refractivity contribution in [3.05, 3.63) is 12.2 Å². The zero-order chi connectivity index (χ0) is 8.86. The van der Waals surface area contributed by atoms with Gasteiger partial charge in [-0.2, -0.15) is 0 Å². The van der Waals surface area contributed by atoms with Crippen molar-refractivity contribution in [2.45, 2.75) is 37.7 Å². The van der Waals surface area contributed by atoms with E-state index in [4.69, 9.17) is 9.84 Å². The molecule has 2 nitrogen and oxygen atoms in total. The van der Waals surface area contributed by atoms with Gasteiger partial charge in [-0.3, -0.25) is 0 Å². The van der Waals surface area contributed by atoms with Crippen molar-refractivity contribution in [1.82, 2.24) is 0 Å². The minimum absolute atomic E-state index is 0.0685. The summed E-state index contributed by atoms with van der Waals surface area (Å²) in [5.41, 5.74) is -0.0685. The van der Waals surface area contributed by atoms with E-state index in [0.29, 0.717) is 0 Å². The Morgan fingerprint density at radius 1 is 1.33 bits per heavy atom. The Bertz CT molecular complexity index is 146. The van der Waals surface area contributed by atoms with Gasteiger partial charge >= 0.3 is 0 Å². The number of hydrogen-bond acceptors (Lipinski definition) is 2. The zero-order valence-electron chi connectivity index (χ0n) is 7.75. The van der Waals surface area contributed by atoms with Gasteiger partial charge in [-0.15, -0.1) is 0 Å². The van der Waals surface area contributed by atoms with Crippen LogP contribution in [0.5, 0.6) is 0 Å². The van der Waals surface area contributed by atoms with Gasteiger partial charge in [0.1, 0.15) is 0 Å². The van der Waals surface area contributed by atoms with E-state index in [1.807, 2.05) is 6.08 Å². The van der Waals surface area contributed by atoms with Crippen LogP contribution in [0.4, 0.5) is 0 Å². The lowest BCUT2D eigenvalue weighted by atomic mass is 9.84. The average Bonchev–Trinajstić information content (AvgIpc) is 2.16. The monoisotopic (exact) mass is 170 g/mol. The van der Waals surface area contributed by atoms with Gasteiger partial charge in [0.15, 0.2) is 0 Å². The van der Waals surface area contributed by atoms with Crippen LogP contribution in [0.2, 0.25) is 0 Å². The second kappa shape index (κ2) is 4.63. The van der Waals surface area contributed by atoms with Crippen LogP contribution in [0.3, 0.4) is 0 Å². The number of hydrogen-bond donors (Lipinski definition) is 1. The van der Waals surface area contributed by atoms with E-state index in [2.05, 4.69) is 0 Å². The van der Waals surface area contributed by atoms with Crippen molar-refractivity contribution in [3.63, 3.8) is 0 Å². The number of aliphatic hydroxyl groups is 1. The first-order valence-electron chi connectivity index (χ1n) is 4.67. The fourth-order valence-electron chi connectivity index (χ4n) is 1.86. The van der Waals surface area contributed by atoms with Gasteiger partial charge in [-0.1, -0.05) is 31.4 Å². The molecule has 1 fully saturated rings. The Morgan fingerprint density at radius 3 is 2.50 bits per heavy atom. The van der Waals surface area contributed by atoms with E-state index in [1.165, 1.54) is 19.3 Å². The highest BCUT2D eigenvalue weighted by atomic mass is 16.5. The molecule has 1 aliphatic rings. The van der Waals surface area contributed by atoms with Crippen molar-refractivity contribution in [2.24, 2.45) is 0 Å². The maximum absolute atomic E-state index is 8.66. The average molecular weight is 170 g/mol. The predicted molar refractivity (Wildman–Crippen MR) is 49.1 cm³/mol. The van der Waals surface area contributed by atoms with Crippen LogP contribution in [-0.2, 0) is 4.74 Å². The molecule has 1 saturated carbocycles. The van der Waals surface area contributed by atoms with Gasteiger partial charge in [-0.05, 0) is 12.8 Å². The molecule has 1 rings (SSSR count). The Morgan fingerprint density at radius 2 is 2.00 bits per heavy atom. The summed E-state index contributed by atoms with van der Waals surface area (Å²) >= 11 is 0. The number of ether oxygens (including phenoxy) is 1. The van der Waals surface area contributed by atoms with Crippen LogP contribution in [-0.4, -0.2) is 24.4 Å². The fourth-order valence-corrected chi connectivity index (χ4v) is 1.86. The SMILES string of the molecule is COC1(/C=C\CO)CCCCC1. The molecule has 0 unspecified atom stereocenters. The van der Waals surface area contributed by atoms with E-state index in [-0.39, 0.29) is 12.2 Å². The molecule has 12 heavy (non-hydrogen) atoms. The minimum atomic E-state index is -0.0685. The van der Waals surface area contributed by atoms with Gasteiger partial charge in [0.25, 0.3) is 0 Å². The zero-order valence-corrected chi connectivity index (χ0v) is 7.75. The largest absolute Gasteiger partial charge is 0.392 e. The van der Waals surface area contributed by atoms with Crippen molar-refractivity contribution >= 4 is 0 Å². The van der Waals surface area contributed by atoms with Gasteiger partial charge in [0.05, 0.1) is 12.2 Å². The second-order valence-corrected chi connectivity index (χ2v) is 3.41. The van der Waals surface area contributed by atoms with Crippen LogP contribution in [0.1, 0.15) is 32.1 Å². The highest BCUT2D eigenvalue weighted by Crippen LogP contribution is 2.32. The Balaban J connectivity index is 2.53. The molecule has 0 saturated heterocycles. The molecule has 0 spiro atoms. The van der Waals surface area contributed by atoms with Gasteiger partial charge < -0.3 is 9.84 Å². The van der Waals surface area contributed by atoms with E-state index >= 15 is 0 Å². The molecule has 0 aromatic rings. The lowest BCUT2D eigenvalue weighted by molar-refractivity contribution is 0.00161. The van der Waals surface area contributed by atoms with Crippen LogP contribution >= 0.6 is 0 Å². The van der Waals surface area contributed by atoms with E-state index < -0.39 is 0 Å². The molecule has 0 radical (unpaired) electrons. The number of rotatable bonds is 3. The Labute approximate surface area is 74.2 Å². The van der Waals surface area contributed by atoms with Crippen molar-refractivity contribution < 1.29 is 9.84 Å². The van der Waals surface area contributed by atoms with E-state index in [9.17, 15) is 0 Å². The molecular formula is C10H18O2. The van der Waals surface area contributed by atoms with Crippen molar-refractivity contribution in [2.75, 3.05) is 13.7 Å². The van der Waals surface area contributed by atoms with Crippen LogP contribution in [0, 0.1) is 0 Å². The number of aliphatic hydroxyl groups excluding tert-OH is 1. The molecule has 1 N–H and O–H groups in total. The third-order valence-electron chi connectivity index (χ3n) is 2.63. The quantitative estimate of drug-likeness (QED) is 0.655. The summed E-state index contributed by atoms with van der Waals surface area (Å²) in [7, 11) is 1.76. The molecule has 0 heterocycles. The molecule has 0 aromatic heterocycles. The van der Waals surface area contributed by atoms with Gasteiger partial charge in [0, 0.05) is 7.11 Å². The first-order valence-corrected chi connectivity index (χ1v) is 4.67. The summed E-state index contributed by atoms with van der Waals surface area (Å²) in [6.07, 6.45) is 9.80. The molecule has 0 aliphatic heterocycles. The Kier molecular flexibility index (Phi) is 3.76.